The van der Waals surface area contributed by atoms with Gasteiger partial charge >= 0.3 is 0 Å². The fraction of sp³-hybridized carbons (Fsp3) is 0.278. The number of amides is 1. The fourth-order valence-electron chi connectivity index (χ4n) is 2.18. The number of para-hydroxylation sites is 1. The summed E-state index contributed by atoms with van der Waals surface area (Å²) in [7, 11) is 0. The Bertz CT molecular complexity index is 579. The maximum atomic E-state index is 12.3. The third-order valence-electron chi connectivity index (χ3n) is 3.16. The highest BCUT2D eigenvalue weighted by atomic mass is 16.1. The van der Waals surface area contributed by atoms with Gasteiger partial charge in [0.25, 0.3) is 5.91 Å². The molecular formula is C18H22N2O. The van der Waals surface area contributed by atoms with Crippen LogP contribution in [0.5, 0.6) is 0 Å². The molecule has 2 aromatic rings. The lowest BCUT2D eigenvalue weighted by Crippen LogP contribution is -2.27. The molecule has 2 aromatic carbocycles. The molecular weight excluding hydrogens is 260 g/mol. The van der Waals surface area contributed by atoms with Crippen molar-refractivity contribution >= 4 is 11.6 Å². The minimum atomic E-state index is -0.0327. The Morgan fingerprint density at radius 2 is 1.67 bits per heavy atom. The molecule has 1 amide bonds. The molecule has 0 aromatic heterocycles. The Kier molecular flexibility index (Phi) is 5.38. The lowest BCUT2D eigenvalue weighted by molar-refractivity contribution is 0.0955. The molecule has 0 radical (unpaired) electrons. The number of benzene rings is 2. The van der Waals surface area contributed by atoms with Gasteiger partial charge in [0.2, 0.25) is 0 Å². The van der Waals surface area contributed by atoms with E-state index in [1.165, 1.54) is 5.56 Å². The van der Waals surface area contributed by atoms with Crippen molar-refractivity contribution in [2.24, 2.45) is 0 Å². The van der Waals surface area contributed by atoms with Crippen molar-refractivity contribution in [3.8, 4) is 0 Å². The number of carbonyl (C=O) groups excluding carboxylic acids is 1. The van der Waals surface area contributed by atoms with Crippen molar-refractivity contribution < 1.29 is 4.79 Å². The molecule has 0 saturated carbocycles. The van der Waals surface area contributed by atoms with E-state index in [0.717, 1.165) is 12.1 Å². The molecule has 0 saturated heterocycles. The van der Waals surface area contributed by atoms with E-state index >= 15 is 0 Å². The molecule has 0 aliphatic rings. The monoisotopic (exact) mass is 282 g/mol. The summed E-state index contributed by atoms with van der Waals surface area (Å²) in [4.78, 5) is 12.3. The van der Waals surface area contributed by atoms with E-state index in [2.05, 4.69) is 36.6 Å². The zero-order valence-electron chi connectivity index (χ0n) is 12.6. The predicted molar refractivity (Wildman–Crippen MR) is 87.7 cm³/mol. The van der Waals surface area contributed by atoms with Gasteiger partial charge in [-0.1, -0.05) is 42.5 Å². The topological polar surface area (TPSA) is 41.1 Å². The summed E-state index contributed by atoms with van der Waals surface area (Å²) in [6.07, 6.45) is 0.840. The van der Waals surface area contributed by atoms with Crippen LogP contribution in [0.15, 0.2) is 54.6 Å². The summed E-state index contributed by atoms with van der Waals surface area (Å²) in [5, 5.41) is 6.28. The summed E-state index contributed by atoms with van der Waals surface area (Å²) < 4.78 is 0. The highest BCUT2D eigenvalue weighted by Gasteiger charge is 2.10. The molecule has 2 rings (SSSR count). The molecule has 21 heavy (non-hydrogen) atoms. The quantitative estimate of drug-likeness (QED) is 0.851. The van der Waals surface area contributed by atoms with Crippen LogP contribution < -0.4 is 10.6 Å². The van der Waals surface area contributed by atoms with Crippen molar-refractivity contribution in [3.63, 3.8) is 0 Å². The van der Waals surface area contributed by atoms with Gasteiger partial charge in [-0.2, -0.15) is 0 Å². The lowest BCUT2D eigenvalue weighted by Gasteiger charge is -2.14. The van der Waals surface area contributed by atoms with E-state index in [-0.39, 0.29) is 5.91 Å². The van der Waals surface area contributed by atoms with Crippen molar-refractivity contribution in [1.29, 1.82) is 0 Å². The van der Waals surface area contributed by atoms with Crippen LogP contribution in [0.25, 0.3) is 0 Å². The first-order valence-corrected chi connectivity index (χ1v) is 7.34. The van der Waals surface area contributed by atoms with Crippen LogP contribution in [0.2, 0.25) is 0 Å². The van der Waals surface area contributed by atoms with Crippen LogP contribution in [0.3, 0.4) is 0 Å². The number of carbonyl (C=O) groups is 1. The van der Waals surface area contributed by atoms with Crippen LogP contribution in [0, 0.1) is 0 Å². The molecule has 0 atom stereocenters. The molecule has 3 nitrogen and oxygen atoms in total. The second-order valence-electron chi connectivity index (χ2n) is 5.34. The molecule has 0 unspecified atom stereocenters. The zero-order chi connectivity index (χ0) is 15.1. The van der Waals surface area contributed by atoms with Gasteiger partial charge in [0.1, 0.15) is 0 Å². The largest absolute Gasteiger partial charge is 0.382 e. The third kappa shape index (κ3) is 4.63. The van der Waals surface area contributed by atoms with E-state index in [0.29, 0.717) is 18.2 Å². The normalized spacial score (nSPS) is 10.4. The third-order valence-corrected chi connectivity index (χ3v) is 3.16. The molecule has 0 bridgehead atoms. The Labute approximate surface area is 126 Å². The van der Waals surface area contributed by atoms with Crippen LogP contribution in [0.1, 0.15) is 29.8 Å². The van der Waals surface area contributed by atoms with Crippen molar-refractivity contribution in [1.82, 2.24) is 5.32 Å². The van der Waals surface area contributed by atoms with Gasteiger partial charge in [-0.25, -0.2) is 0 Å². The molecule has 0 aliphatic carbocycles. The summed E-state index contributed by atoms with van der Waals surface area (Å²) >= 11 is 0. The Morgan fingerprint density at radius 3 is 2.38 bits per heavy atom. The highest BCUT2D eigenvalue weighted by molar-refractivity contribution is 5.99. The molecule has 110 valence electrons. The van der Waals surface area contributed by atoms with E-state index in [1.807, 2.05) is 42.5 Å². The Hall–Kier alpha value is -2.29. The van der Waals surface area contributed by atoms with Crippen LogP contribution >= 0.6 is 0 Å². The molecule has 0 heterocycles. The average Bonchev–Trinajstić information content (AvgIpc) is 2.48. The van der Waals surface area contributed by atoms with Crippen molar-refractivity contribution in [2.75, 3.05) is 11.9 Å². The van der Waals surface area contributed by atoms with Crippen LogP contribution in [0.4, 0.5) is 5.69 Å². The molecule has 0 spiro atoms. The van der Waals surface area contributed by atoms with Gasteiger partial charge in [-0.3, -0.25) is 4.79 Å². The second-order valence-corrected chi connectivity index (χ2v) is 5.34. The second kappa shape index (κ2) is 7.48. The average molecular weight is 282 g/mol. The van der Waals surface area contributed by atoms with Gasteiger partial charge in [0.15, 0.2) is 0 Å². The summed E-state index contributed by atoms with van der Waals surface area (Å²) in [6, 6.07) is 18.1. The maximum absolute atomic E-state index is 12.3. The standard InChI is InChI=1S/C18H22N2O/c1-14(2)20-17-11-7-6-10-16(17)18(21)19-13-12-15-8-4-3-5-9-15/h3-11,14,20H,12-13H2,1-2H3,(H,19,21). The van der Waals surface area contributed by atoms with Crippen LogP contribution in [-0.2, 0) is 6.42 Å². The Balaban J connectivity index is 1.94. The first kappa shape index (κ1) is 15.1. The first-order chi connectivity index (χ1) is 10.2. The maximum Gasteiger partial charge on any atom is 0.253 e. The number of anilines is 1. The molecule has 0 fully saturated rings. The van der Waals surface area contributed by atoms with E-state index in [4.69, 9.17) is 0 Å². The van der Waals surface area contributed by atoms with E-state index in [9.17, 15) is 4.79 Å². The summed E-state index contributed by atoms with van der Waals surface area (Å²) in [6.45, 7) is 4.76. The van der Waals surface area contributed by atoms with Gasteiger partial charge < -0.3 is 10.6 Å². The lowest BCUT2D eigenvalue weighted by atomic mass is 10.1. The van der Waals surface area contributed by atoms with Gasteiger partial charge in [-0.15, -0.1) is 0 Å². The van der Waals surface area contributed by atoms with Crippen molar-refractivity contribution in [3.05, 3.63) is 65.7 Å². The van der Waals surface area contributed by atoms with E-state index < -0.39 is 0 Å². The fourth-order valence-corrected chi connectivity index (χ4v) is 2.18. The smallest absolute Gasteiger partial charge is 0.253 e. The highest BCUT2D eigenvalue weighted by Crippen LogP contribution is 2.15. The SMILES string of the molecule is CC(C)Nc1ccccc1C(=O)NCCc1ccccc1. The van der Waals surface area contributed by atoms with Gasteiger partial charge in [0, 0.05) is 18.3 Å². The summed E-state index contributed by atoms with van der Waals surface area (Å²) in [5.41, 5.74) is 2.80. The predicted octanol–water partition coefficient (Wildman–Crippen LogP) is 3.48. The number of hydrogen-bond donors (Lipinski definition) is 2. The minimum Gasteiger partial charge on any atom is -0.382 e. The Morgan fingerprint density at radius 1 is 1.00 bits per heavy atom. The zero-order valence-corrected chi connectivity index (χ0v) is 12.6. The van der Waals surface area contributed by atoms with Crippen molar-refractivity contribution in [2.45, 2.75) is 26.3 Å². The first-order valence-electron chi connectivity index (χ1n) is 7.34. The van der Waals surface area contributed by atoms with Crippen LogP contribution in [-0.4, -0.2) is 18.5 Å². The number of nitrogens with one attached hydrogen (secondary N) is 2. The molecule has 0 aliphatic heterocycles. The number of rotatable bonds is 6. The number of hydrogen-bond acceptors (Lipinski definition) is 2. The van der Waals surface area contributed by atoms with Gasteiger partial charge in [-0.05, 0) is 38.0 Å². The molecule has 2 N–H and O–H groups in total. The molecule has 3 heteroatoms. The van der Waals surface area contributed by atoms with Gasteiger partial charge in [0.05, 0.1) is 5.56 Å². The van der Waals surface area contributed by atoms with E-state index in [1.54, 1.807) is 0 Å². The summed E-state index contributed by atoms with van der Waals surface area (Å²) in [5.74, 6) is -0.0327. The minimum absolute atomic E-state index is 0.0327.